The van der Waals surface area contributed by atoms with Crippen LogP contribution in [0.3, 0.4) is 0 Å². The molecule has 0 aromatic carbocycles. The number of methoxy groups -OCH3 is 2. The highest BCUT2D eigenvalue weighted by Crippen LogP contribution is 2.27. The van der Waals surface area contributed by atoms with Crippen LogP contribution in [0.15, 0.2) is 0 Å². The first-order valence-corrected chi connectivity index (χ1v) is 33.9. The molecule has 0 bridgehead atoms. The number of ether oxygens (including phenoxy) is 2. The zero-order valence-corrected chi connectivity index (χ0v) is 53.6. The quantitative estimate of drug-likeness (QED) is 0.0202. The van der Waals surface area contributed by atoms with E-state index in [1.165, 1.54) is 65.2 Å². The van der Waals surface area contributed by atoms with Gasteiger partial charge in [0.15, 0.2) is 0 Å². The lowest BCUT2D eigenvalue weighted by atomic mass is 10.1. The monoisotopic (exact) mass is 1330 g/mol. The lowest BCUT2D eigenvalue weighted by Crippen LogP contribution is -2.41. The maximum atomic E-state index is 13.1. The molecule has 506 valence electrons. The van der Waals surface area contributed by atoms with Gasteiger partial charge in [-0.05, 0) is 0 Å². The highest BCUT2D eigenvalue weighted by atomic mass is 33.1. The van der Waals surface area contributed by atoms with E-state index in [4.69, 9.17) is 9.47 Å². The van der Waals surface area contributed by atoms with Gasteiger partial charge in [0.1, 0.15) is 0 Å². The van der Waals surface area contributed by atoms with Crippen LogP contribution in [0.1, 0.15) is 51.4 Å². The van der Waals surface area contributed by atoms with E-state index in [0.717, 1.165) is 0 Å². The van der Waals surface area contributed by atoms with Crippen LogP contribution in [0.25, 0.3) is 0 Å². The minimum absolute atomic E-state index is 0.00253. The molecule has 8 fully saturated rings. The zero-order chi connectivity index (χ0) is 66.2. The average molecular weight is 1330 g/mol. The van der Waals surface area contributed by atoms with Gasteiger partial charge < -0.3 is 80.6 Å². The Hall–Kier alpha value is -7.78. The molecule has 8 rings (SSSR count). The van der Waals surface area contributed by atoms with Crippen molar-refractivity contribution < 1.29 is 86.2 Å². The summed E-state index contributed by atoms with van der Waals surface area (Å²) >= 11 is 0. The molecule has 0 aromatic heterocycles. The molecule has 8 atom stereocenters. The van der Waals surface area contributed by atoms with Gasteiger partial charge in [0, 0.05) is 207 Å². The van der Waals surface area contributed by atoms with E-state index in [9.17, 15) is 76.7 Å². The Morgan fingerprint density at radius 2 is 0.457 bits per heavy atom. The Balaban J connectivity index is 0.609. The van der Waals surface area contributed by atoms with Crippen LogP contribution < -0.4 is 31.9 Å². The first kappa shape index (κ1) is 70.1. The molecule has 0 saturated carbocycles. The predicted molar refractivity (Wildman–Crippen MR) is 325 cm³/mol. The van der Waals surface area contributed by atoms with Crippen molar-refractivity contribution in [1.29, 1.82) is 0 Å². The van der Waals surface area contributed by atoms with Crippen LogP contribution >= 0.6 is 21.6 Å². The molecule has 6 N–H and O–H groups in total. The van der Waals surface area contributed by atoms with E-state index in [2.05, 4.69) is 31.9 Å². The fourth-order valence-corrected chi connectivity index (χ4v) is 14.8. The summed E-state index contributed by atoms with van der Waals surface area (Å²) < 4.78 is 9.44. The molecule has 8 aliphatic heterocycles. The molecule has 34 heteroatoms. The summed E-state index contributed by atoms with van der Waals surface area (Å²) in [7, 11) is 5.57. The maximum absolute atomic E-state index is 13.1. The second-order valence-corrected chi connectivity index (χ2v) is 27.1. The smallest absolute Gasteiger partial charge is 0.310 e. The first-order chi connectivity index (χ1) is 44.1. The van der Waals surface area contributed by atoms with Gasteiger partial charge in [-0.25, -0.2) is 0 Å². The Labute approximate surface area is 539 Å². The third-order valence-electron chi connectivity index (χ3n) is 18.1. The zero-order valence-electron chi connectivity index (χ0n) is 52.0. The van der Waals surface area contributed by atoms with Crippen molar-refractivity contribution in [2.45, 2.75) is 51.4 Å². The van der Waals surface area contributed by atoms with Gasteiger partial charge >= 0.3 is 11.9 Å². The van der Waals surface area contributed by atoms with Crippen molar-refractivity contribution in [2.24, 2.45) is 47.3 Å². The summed E-state index contributed by atoms with van der Waals surface area (Å²) in [4.78, 5) is 215. The molecule has 32 nitrogen and oxygen atoms in total. The molecule has 0 aromatic rings. The normalized spacial score (nSPS) is 24.8. The van der Waals surface area contributed by atoms with Gasteiger partial charge in [-0.2, -0.15) is 0 Å². The van der Waals surface area contributed by atoms with Gasteiger partial charge in [0.2, 0.25) is 82.7 Å². The molecule has 92 heavy (non-hydrogen) atoms. The van der Waals surface area contributed by atoms with E-state index < -0.39 is 59.3 Å². The van der Waals surface area contributed by atoms with E-state index >= 15 is 0 Å². The van der Waals surface area contributed by atoms with Crippen molar-refractivity contribution in [1.82, 2.24) is 71.1 Å². The molecule has 14 amide bonds. The summed E-state index contributed by atoms with van der Waals surface area (Å²) in [5, 5.41) is 16.7. The summed E-state index contributed by atoms with van der Waals surface area (Å²) in [5.41, 5.74) is 0. The molecule has 0 aliphatic carbocycles. The van der Waals surface area contributed by atoms with Crippen LogP contribution in [-0.4, -0.2) is 304 Å². The second kappa shape index (κ2) is 33.2. The largest absolute Gasteiger partial charge is 0.469 e. The third-order valence-corrected chi connectivity index (χ3v) is 20.4. The number of nitrogens with zero attached hydrogens (tertiary/aromatic N) is 8. The fourth-order valence-electron chi connectivity index (χ4n) is 12.8. The van der Waals surface area contributed by atoms with Crippen molar-refractivity contribution >= 4 is 116 Å². The molecule has 0 radical (unpaired) electrons. The van der Waals surface area contributed by atoms with Crippen LogP contribution in [0.2, 0.25) is 0 Å². The van der Waals surface area contributed by atoms with Crippen molar-refractivity contribution in [3.8, 4) is 0 Å². The van der Waals surface area contributed by atoms with E-state index in [-0.39, 0.29) is 265 Å². The Kier molecular flexibility index (Phi) is 25.3. The Morgan fingerprint density at radius 1 is 0.293 bits per heavy atom. The van der Waals surface area contributed by atoms with Gasteiger partial charge in [0.25, 0.3) is 0 Å². The summed E-state index contributed by atoms with van der Waals surface area (Å²) in [6, 6.07) is 0. The SMILES string of the molecule is COC(=O)C1CC(=O)N(CCNC(=O)C2CC(=O)N(CCNC(=O)C3CC(=O)N(CCNC(=O)C4CC(=O)N(CCSSCCN5CC(C(=O)NCCN6CC(C(=O)NCCN7CC(C(=O)NCCN8CC(C(=O)OC)CC8=O)CC7=O)CC6=O)CC5=O)C4)C3)C2)C1. The highest BCUT2D eigenvalue weighted by Gasteiger charge is 2.42. The summed E-state index contributed by atoms with van der Waals surface area (Å²) in [5.74, 6) is -8.07. The standard InChI is InChI=1S/C58H84N14O18S2/c1-89-57(87)41-25-49(79)69(33-41)13-7-63-53(83)37-21-45(75)65(29-37)9-3-59-51(81)35-19-43(73)67(27-35)11-5-61-55(85)39-23-47(77)71(31-39)15-17-91-92-18-16-72-32-40(24-48(72)78)56(86)62-6-12-68-28-36(20-44(68)74)52(82)60-4-10-66-30-38(22-46(66)76)54(84)64-8-14-70-34-42(26-50(70)80)58(88)90-2/h35-42H,3-34H2,1-2H3,(H,59,81)(H,60,82)(H,61,85)(H,62,86)(H,63,83)(H,64,84). The van der Waals surface area contributed by atoms with Gasteiger partial charge in [-0.1, -0.05) is 21.6 Å². The fraction of sp³-hybridized carbons (Fsp3) is 0.724. The number of nitrogens with one attached hydrogen (secondary N) is 6. The summed E-state index contributed by atoms with van der Waals surface area (Å²) in [6.07, 6.45) is 0.188. The summed E-state index contributed by atoms with van der Waals surface area (Å²) in [6.45, 7) is 4.33. The van der Waals surface area contributed by atoms with Gasteiger partial charge in [0.05, 0.1) is 61.6 Å². The van der Waals surface area contributed by atoms with Crippen LogP contribution in [0.4, 0.5) is 0 Å². The van der Waals surface area contributed by atoms with E-state index in [1.807, 2.05) is 0 Å². The minimum Gasteiger partial charge on any atom is -0.469 e. The predicted octanol–water partition coefficient (Wildman–Crippen LogP) is -5.80. The number of rotatable bonds is 33. The lowest BCUT2D eigenvalue weighted by Gasteiger charge is -2.20. The van der Waals surface area contributed by atoms with E-state index in [0.29, 0.717) is 24.6 Å². The molecular weight excluding hydrogens is 1240 g/mol. The topological polar surface area (TPSA) is 390 Å². The maximum Gasteiger partial charge on any atom is 0.310 e. The molecule has 8 saturated heterocycles. The number of carbonyl (C=O) groups is 16. The minimum atomic E-state index is -0.627. The number of esters is 2. The second-order valence-electron chi connectivity index (χ2n) is 24.4. The molecule has 8 unspecified atom stereocenters. The van der Waals surface area contributed by atoms with E-state index in [1.54, 1.807) is 9.80 Å². The average Bonchev–Trinajstić information content (AvgIpc) is 2.02. The first-order valence-electron chi connectivity index (χ1n) is 31.4. The molecule has 8 heterocycles. The molecule has 8 aliphatic rings. The van der Waals surface area contributed by atoms with Crippen molar-refractivity contribution in [3.05, 3.63) is 0 Å². The van der Waals surface area contributed by atoms with Gasteiger partial charge in [-0.3, -0.25) is 76.7 Å². The number of carbonyl (C=O) groups excluding carboxylic acids is 16. The van der Waals surface area contributed by atoms with Crippen LogP contribution in [0, 0.1) is 47.3 Å². The van der Waals surface area contributed by atoms with Crippen molar-refractivity contribution in [2.75, 3.05) is 170 Å². The Morgan fingerprint density at radius 3 is 0.641 bits per heavy atom. The molecule has 0 spiro atoms. The van der Waals surface area contributed by atoms with Gasteiger partial charge in [-0.15, -0.1) is 0 Å². The number of amides is 14. The molecular formula is C58H84N14O18S2. The van der Waals surface area contributed by atoms with Crippen LogP contribution in [0.5, 0.6) is 0 Å². The number of hydrogen-bond donors (Lipinski definition) is 6. The van der Waals surface area contributed by atoms with Crippen molar-refractivity contribution in [3.63, 3.8) is 0 Å². The van der Waals surface area contributed by atoms with Crippen LogP contribution in [-0.2, 0) is 86.2 Å². The highest BCUT2D eigenvalue weighted by molar-refractivity contribution is 8.76. The number of hydrogen-bond acceptors (Lipinski definition) is 20. The number of likely N-dealkylation sites (tertiary alicyclic amines) is 8. The third kappa shape index (κ3) is 18.9. The lowest BCUT2D eigenvalue weighted by molar-refractivity contribution is -0.145. The Bertz CT molecular complexity index is 2680.